The number of sulfonamides is 3. The van der Waals surface area contributed by atoms with Crippen molar-refractivity contribution in [3.05, 3.63) is 198 Å². The summed E-state index contributed by atoms with van der Waals surface area (Å²) < 4.78 is 193. The van der Waals surface area contributed by atoms with Gasteiger partial charge in [0.1, 0.15) is 16.9 Å². The van der Waals surface area contributed by atoms with Gasteiger partial charge >= 0.3 is 52.1 Å². The Morgan fingerprint density at radius 2 is 0.843 bits per heavy atom. The number of carbonyl (C=O) groups excluding carboxylic acids is 4. The summed E-state index contributed by atoms with van der Waals surface area (Å²) in [4.78, 5) is 64.1. The van der Waals surface area contributed by atoms with E-state index in [9.17, 15) is 88.7 Å². The summed E-state index contributed by atoms with van der Waals surface area (Å²) in [6.45, 7) is 13.8. The molecule has 6 aromatic carbocycles. The van der Waals surface area contributed by atoms with Gasteiger partial charge in [-0.05, 0) is 276 Å². The molecule has 0 aromatic heterocycles. The standard InChI is InChI=1S/C25H29F3N4O4S2.C25H27F3N4O3S2.C17H26N4O3S.C8H5F3O2S.C2H6O.H3N2O.Na/c1-16-13-19(30-3)14-17(2)21(16)7-12-38(35,36)32-10-8-24(9-11-32,23(29)34)31-22(33)18-5-4-6-20(15-18)37-25(26,27)28;1-16-13-19(29-3)14-17(2)21(16)7-12-37(34,35)32-10-8-24(9-11-32)23(33)30-22(31-24)18-5-4-6-20(15-18)36-25(26,27)28;1-12-10-14(20-3)11-13(2)15(12)4-9-25(23,24)21-7-5-17(19,6-8-21)16(18)22;9-8(10,11)14-6-3-1-2-5(4-6)7(12)13;2*1-2-3;/h4-7,12-15,30H,8-11H2,1-3H3,(H2,29,34)(H,31,33);4-7,12-15,29H,8-11H2,1-3H3,(H,30,31,33);4,9-11,20H,5-8,19H2,1-3H3,(H2,18,22);1-4H,(H,12,13);3H,2H2,1H3;3H,1H2;/q;;;;;-1;+1/b2*12-7+;9-4+;;;;. The monoisotopic (exact) mass is 1830 g/mol. The molecule has 0 radical (unpaired) electrons. The maximum Gasteiger partial charge on any atom is 1.00 e. The van der Waals surface area contributed by atoms with Crippen LogP contribution in [0.15, 0.2) is 145 Å². The molecule has 0 aliphatic carbocycles. The molecule has 4 heterocycles. The number of piperidine rings is 3. The molecular weight excluding hydrogens is 1730 g/mol. The number of carbonyl (C=O) groups is 5. The van der Waals surface area contributed by atoms with E-state index in [0.717, 1.165) is 84.7 Å². The number of aliphatic hydroxyl groups excluding tert-OH is 1. The number of aliphatic imine (C=N–C) groups is 1. The molecule has 0 bridgehead atoms. The third-order valence-corrected chi connectivity index (χ3v) is 25.8. The number of rotatable bonds is 21. The van der Waals surface area contributed by atoms with E-state index in [0.29, 0.717) is 5.56 Å². The molecule has 0 atom stereocenters. The summed E-state index contributed by atoms with van der Waals surface area (Å²) >= 11 is -0.932. The number of halogens is 9. The van der Waals surface area contributed by atoms with Crippen LogP contribution >= 0.6 is 35.3 Å². The maximum atomic E-state index is 13.0. The summed E-state index contributed by atoms with van der Waals surface area (Å²) in [7, 11) is -5.71. The summed E-state index contributed by atoms with van der Waals surface area (Å²) in [5.41, 5.74) is 12.8. The topological polar surface area (TPSA) is 449 Å². The van der Waals surface area contributed by atoms with Crippen LogP contribution in [0.2, 0.25) is 0 Å². The predicted molar refractivity (Wildman–Crippen MR) is 450 cm³/mol. The van der Waals surface area contributed by atoms with Crippen LogP contribution < -0.4 is 79.2 Å². The van der Waals surface area contributed by atoms with E-state index in [1.165, 1.54) is 84.4 Å². The van der Waals surface area contributed by atoms with E-state index < -0.39 is 86.9 Å². The van der Waals surface area contributed by atoms with Gasteiger partial charge in [0.2, 0.25) is 41.9 Å². The Morgan fingerprint density at radius 3 is 1.16 bits per heavy atom. The Morgan fingerprint density at radius 1 is 0.537 bits per heavy atom. The summed E-state index contributed by atoms with van der Waals surface area (Å²) in [6.07, 6.45) is 5.35. The third-order valence-electron chi connectivity index (χ3n) is 19.0. The molecule has 1 spiro atoms. The second-order valence-electron chi connectivity index (χ2n) is 27.4. The number of carboxylic acids is 1. The molecular formula is C77H96F9N14NaO14S6. The molecule has 44 heteroatoms. The Hall–Kier alpha value is -8.09. The Balaban J connectivity index is 0.000000346. The molecule has 16 N–H and O–H groups in total. The number of hydrogen-bond donors (Lipinski definition) is 12. The Labute approximate surface area is 731 Å². The first-order chi connectivity index (χ1) is 55.8. The molecule has 28 nitrogen and oxygen atoms in total. The van der Waals surface area contributed by atoms with Crippen molar-refractivity contribution in [2.45, 2.75) is 135 Å². The largest absolute Gasteiger partial charge is 1.00 e. The number of nitrogens with one attached hydrogen (secondary N) is 5. The van der Waals surface area contributed by atoms with Crippen molar-refractivity contribution in [1.29, 1.82) is 0 Å². The van der Waals surface area contributed by atoms with Crippen molar-refractivity contribution in [1.82, 2.24) is 23.5 Å². The van der Waals surface area contributed by atoms with Crippen LogP contribution in [0.1, 0.15) is 122 Å². The molecule has 0 saturated carbocycles. The molecule has 4 amide bonds. The molecule has 4 aliphatic heterocycles. The fraction of sp³-hybridized carbons (Fsp3) is 0.377. The number of nitrogens with two attached hydrogens (primary N) is 4. The zero-order valence-corrected chi connectivity index (χ0v) is 74.7. The second-order valence-corrected chi connectivity index (χ2v) is 36.3. The van der Waals surface area contributed by atoms with Crippen LogP contribution in [-0.4, -0.2) is 189 Å². The van der Waals surface area contributed by atoms with Crippen LogP contribution in [0.25, 0.3) is 23.8 Å². The van der Waals surface area contributed by atoms with E-state index in [2.05, 4.69) is 37.4 Å². The van der Waals surface area contributed by atoms with E-state index in [1.54, 1.807) is 32.2 Å². The average Bonchev–Trinajstić information content (AvgIpc) is 1.47. The van der Waals surface area contributed by atoms with Gasteiger partial charge in [0, 0.05) is 126 Å². The van der Waals surface area contributed by atoms with E-state index in [4.69, 9.17) is 32.6 Å². The van der Waals surface area contributed by atoms with Crippen LogP contribution in [0.3, 0.4) is 0 Å². The minimum Gasteiger partial charge on any atom is -0.488 e. The molecule has 4 aliphatic rings. The maximum absolute atomic E-state index is 13.0. The van der Waals surface area contributed by atoms with Crippen molar-refractivity contribution in [3.63, 3.8) is 0 Å². The van der Waals surface area contributed by atoms with Crippen LogP contribution in [0, 0.1) is 41.5 Å². The number of aryl methyl sites for hydroxylation is 6. The van der Waals surface area contributed by atoms with Gasteiger partial charge in [-0.25, -0.2) is 30.0 Å². The predicted octanol–water partition coefficient (Wildman–Crippen LogP) is 9.22. The van der Waals surface area contributed by atoms with Crippen LogP contribution in [0.4, 0.5) is 56.6 Å². The normalized spacial score (nSPS) is 16.2. The van der Waals surface area contributed by atoms with Gasteiger partial charge < -0.3 is 70.6 Å². The number of alkyl halides is 9. The molecule has 10 rings (SSSR count). The van der Waals surface area contributed by atoms with Crippen molar-refractivity contribution in [3.8, 4) is 0 Å². The number of amidine groups is 1. The second kappa shape index (κ2) is 45.5. The number of thioether (sulfide) groups is 3. The molecule has 6 aromatic rings. The number of hydrogen-bond acceptors (Lipinski definition) is 22. The first kappa shape index (κ1) is 105. The van der Waals surface area contributed by atoms with Crippen molar-refractivity contribution >= 4 is 136 Å². The van der Waals surface area contributed by atoms with E-state index >= 15 is 0 Å². The molecule has 3 saturated heterocycles. The van der Waals surface area contributed by atoms with Gasteiger partial charge in [-0.15, -0.1) is 0 Å². The number of nitrogens with zero attached hydrogens (tertiary/aromatic N) is 5. The smallest absolute Gasteiger partial charge is 0.488 e. The van der Waals surface area contributed by atoms with Gasteiger partial charge in [-0.3, -0.25) is 24.2 Å². The van der Waals surface area contributed by atoms with E-state index in [1.807, 2.05) is 97.6 Å². The quantitative estimate of drug-likeness (QED) is 0.0105. The van der Waals surface area contributed by atoms with E-state index in [-0.39, 0.29) is 187 Å². The molecule has 3 fully saturated rings. The Bertz CT molecular complexity index is 5050. The minimum absolute atomic E-state index is 0. The molecule has 0 unspecified atom stereocenters. The summed E-state index contributed by atoms with van der Waals surface area (Å²) in [5, 5.41) is 41.0. The van der Waals surface area contributed by atoms with Crippen LogP contribution in [-0.2, 0) is 44.5 Å². The fourth-order valence-electron chi connectivity index (χ4n) is 12.7. The first-order valence-corrected chi connectivity index (χ1v) is 43.2. The van der Waals surface area contributed by atoms with Crippen molar-refractivity contribution < 1.29 is 134 Å². The fourth-order valence-corrected chi connectivity index (χ4v) is 18.0. The SMILES string of the molecule is CCO.CNc1cc(C)c(/C=C/S(=O)(=O)N2CCC(N)(C(N)=O)CC2)c(C)c1.CNc1cc(C)c(/C=C/S(=O)(=O)N2CCC(NC(=O)c3cccc(SC(F)(F)F)c3)(C(N)=O)CC2)c(C)c1.CNc1cc(C)c(/C=C/S(=O)(=O)N2CCC3(CC2)N=C(c2cccc(SC(F)(F)F)c2)NC3=O)c(C)c1.N[N-]O.O=C(O)c1cccc(SC(F)(F)F)c1.[Na+]. The van der Waals surface area contributed by atoms with Gasteiger partial charge in [0.25, 0.3) is 11.8 Å². The number of amides is 4. The van der Waals surface area contributed by atoms with Gasteiger partial charge in [-0.1, -0.05) is 24.3 Å². The number of anilines is 3. The number of aliphatic hydroxyl groups is 1. The molecule has 121 heavy (non-hydrogen) atoms. The number of benzene rings is 6. The Kier molecular flexibility index (Phi) is 39.6. The van der Waals surface area contributed by atoms with Gasteiger partial charge in [-0.2, -0.15) is 52.4 Å². The molecule has 658 valence electrons. The number of aromatic carboxylic acids is 1. The summed E-state index contributed by atoms with van der Waals surface area (Å²) in [5.74, 6) is 0.392. The minimum atomic E-state index is -4.52. The van der Waals surface area contributed by atoms with Crippen molar-refractivity contribution in [2.24, 2.45) is 28.0 Å². The number of primary amides is 2. The van der Waals surface area contributed by atoms with Gasteiger partial charge in [0.05, 0.1) is 11.1 Å². The van der Waals surface area contributed by atoms with Crippen molar-refractivity contribution in [2.75, 3.05) is 83.0 Å². The third kappa shape index (κ3) is 31.6. The summed E-state index contributed by atoms with van der Waals surface area (Å²) in [6, 6.07) is 27.0. The first-order valence-electron chi connectivity index (χ1n) is 36.3. The zero-order chi connectivity index (χ0) is 90.3. The zero-order valence-electron chi connectivity index (χ0n) is 67.8. The average molecular weight is 1830 g/mol. The van der Waals surface area contributed by atoms with Gasteiger partial charge in [0.15, 0.2) is 0 Å². The number of carboxylic acid groups (broad SMARTS) is 1. The van der Waals surface area contributed by atoms with Crippen LogP contribution in [0.5, 0.6) is 0 Å².